The molecule has 1 aromatic carbocycles. The van der Waals surface area contributed by atoms with Crippen LogP contribution in [0.2, 0.25) is 0 Å². The van der Waals surface area contributed by atoms with Gasteiger partial charge >= 0.3 is 0 Å². The fourth-order valence-corrected chi connectivity index (χ4v) is 4.19. The summed E-state index contributed by atoms with van der Waals surface area (Å²) in [5, 5.41) is 3.07. The van der Waals surface area contributed by atoms with Gasteiger partial charge in [0.2, 0.25) is 15.9 Å². The number of aryl methyl sites for hydroxylation is 1. The highest BCUT2D eigenvalue weighted by molar-refractivity contribution is 7.89. The minimum Gasteiger partial charge on any atom is -0.349 e. The molecule has 1 heterocycles. The van der Waals surface area contributed by atoms with E-state index < -0.39 is 10.0 Å². The Morgan fingerprint density at radius 1 is 1.30 bits per heavy atom. The molecular weight excluding hydrogens is 312 g/mol. The number of hydrogen-bond donors (Lipinski definition) is 1. The molecular formula is C17H26N2O3S. The van der Waals surface area contributed by atoms with Crippen molar-refractivity contribution in [2.45, 2.75) is 39.7 Å². The highest BCUT2D eigenvalue weighted by atomic mass is 32.2. The molecule has 0 aliphatic carbocycles. The molecule has 0 radical (unpaired) electrons. The first-order valence-electron chi connectivity index (χ1n) is 8.19. The lowest BCUT2D eigenvalue weighted by Crippen LogP contribution is -2.43. The van der Waals surface area contributed by atoms with Gasteiger partial charge in [-0.1, -0.05) is 24.3 Å². The van der Waals surface area contributed by atoms with Crippen molar-refractivity contribution in [3.8, 4) is 0 Å². The van der Waals surface area contributed by atoms with Gasteiger partial charge in [-0.05, 0) is 44.7 Å². The molecule has 1 saturated heterocycles. The molecule has 23 heavy (non-hydrogen) atoms. The SMILES string of the molecule is CCS(=O)(=O)N1CCC(C(=O)NC(C)c2ccccc2C)CC1. The Morgan fingerprint density at radius 3 is 2.48 bits per heavy atom. The fourth-order valence-electron chi connectivity index (χ4n) is 3.06. The molecule has 0 bridgehead atoms. The van der Waals surface area contributed by atoms with E-state index in [9.17, 15) is 13.2 Å². The third-order valence-corrected chi connectivity index (χ3v) is 6.48. The molecule has 1 atom stereocenters. The zero-order valence-electron chi connectivity index (χ0n) is 14.1. The van der Waals surface area contributed by atoms with Crippen LogP contribution in [0.15, 0.2) is 24.3 Å². The van der Waals surface area contributed by atoms with Gasteiger partial charge in [0.15, 0.2) is 0 Å². The average molecular weight is 338 g/mol. The quantitative estimate of drug-likeness (QED) is 0.895. The molecule has 1 unspecified atom stereocenters. The van der Waals surface area contributed by atoms with Crippen molar-refractivity contribution in [2.24, 2.45) is 5.92 Å². The predicted molar refractivity (Wildman–Crippen MR) is 91.5 cm³/mol. The van der Waals surface area contributed by atoms with E-state index in [1.165, 1.54) is 4.31 Å². The highest BCUT2D eigenvalue weighted by Gasteiger charge is 2.30. The van der Waals surface area contributed by atoms with Crippen LogP contribution in [0.5, 0.6) is 0 Å². The van der Waals surface area contributed by atoms with Gasteiger partial charge < -0.3 is 5.32 Å². The highest BCUT2D eigenvalue weighted by Crippen LogP contribution is 2.22. The van der Waals surface area contributed by atoms with Gasteiger partial charge in [0.05, 0.1) is 11.8 Å². The Morgan fingerprint density at radius 2 is 1.91 bits per heavy atom. The third kappa shape index (κ3) is 4.32. The van der Waals surface area contributed by atoms with E-state index in [2.05, 4.69) is 5.32 Å². The summed E-state index contributed by atoms with van der Waals surface area (Å²) in [4.78, 5) is 12.4. The molecule has 1 aromatic rings. The van der Waals surface area contributed by atoms with E-state index in [1.807, 2.05) is 38.1 Å². The molecule has 1 aliphatic rings. The first-order valence-corrected chi connectivity index (χ1v) is 9.79. The second-order valence-corrected chi connectivity index (χ2v) is 8.42. The van der Waals surface area contributed by atoms with Crippen LogP contribution in [0.1, 0.15) is 43.9 Å². The predicted octanol–water partition coefficient (Wildman–Crippen LogP) is 2.23. The molecule has 1 aliphatic heterocycles. The van der Waals surface area contributed by atoms with Gasteiger partial charge in [-0.3, -0.25) is 4.79 Å². The molecule has 1 amide bonds. The minimum absolute atomic E-state index is 0.0225. The number of benzene rings is 1. The Kier molecular flexibility index (Phi) is 5.81. The number of piperidine rings is 1. The van der Waals surface area contributed by atoms with Crippen molar-refractivity contribution < 1.29 is 13.2 Å². The van der Waals surface area contributed by atoms with Gasteiger partial charge in [0.1, 0.15) is 0 Å². The first kappa shape index (κ1) is 17.9. The molecule has 1 fully saturated rings. The number of hydrogen-bond acceptors (Lipinski definition) is 3. The number of amides is 1. The van der Waals surface area contributed by atoms with Crippen LogP contribution in [0.3, 0.4) is 0 Å². The fraction of sp³-hybridized carbons (Fsp3) is 0.588. The Hall–Kier alpha value is -1.40. The maximum atomic E-state index is 12.4. The zero-order chi connectivity index (χ0) is 17.0. The standard InChI is InChI=1S/C17H26N2O3S/c1-4-23(21,22)19-11-9-15(10-12-19)17(20)18-14(3)16-8-6-5-7-13(16)2/h5-8,14-15H,4,9-12H2,1-3H3,(H,18,20). The Balaban J connectivity index is 1.92. The summed E-state index contributed by atoms with van der Waals surface area (Å²) in [5.41, 5.74) is 2.27. The summed E-state index contributed by atoms with van der Waals surface area (Å²) in [7, 11) is -3.14. The maximum absolute atomic E-state index is 12.4. The molecule has 6 heteroatoms. The lowest BCUT2D eigenvalue weighted by Gasteiger charge is -2.31. The van der Waals surface area contributed by atoms with Gasteiger partial charge in [0, 0.05) is 19.0 Å². The van der Waals surface area contributed by atoms with Crippen LogP contribution in [-0.4, -0.2) is 37.5 Å². The van der Waals surface area contributed by atoms with E-state index in [0.29, 0.717) is 25.9 Å². The summed E-state index contributed by atoms with van der Waals surface area (Å²) in [6, 6.07) is 7.97. The summed E-state index contributed by atoms with van der Waals surface area (Å²) >= 11 is 0. The second-order valence-electron chi connectivity index (χ2n) is 6.16. The second kappa shape index (κ2) is 7.45. The molecule has 2 rings (SSSR count). The zero-order valence-corrected chi connectivity index (χ0v) is 14.9. The molecule has 5 nitrogen and oxygen atoms in total. The molecule has 1 N–H and O–H groups in total. The van der Waals surface area contributed by atoms with Crippen molar-refractivity contribution in [1.29, 1.82) is 0 Å². The monoisotopic (exact) mass is 338 g/mol. The van der Waals surface area contributed by atoms with Crippen LogP contribution in [-0.2, 0) is 14.8 Å². The summed E-state index contributed by atoms with van der Waals surface area (Å²) < 4.78 is 25.2. The topological polar surface area (TPSA) is 66.5 Å². The Bertz CT molecular complexity index is 650. The molecule has 128 valence electrons. The number of carbonyl (C=O) groups is 1. The largest absolute Gasteiger partial charge is 0.349 e. The van der Waals surface area contributed by atoms with Crippen LogP contribution in [0.4, 0.5) is 0 Å². The van der Waals surface area contributed by atoms with Crippen molar-refractivity contribution >= 4 is 15.9 Å². The van der Waals surface area contributed by atoms with E-state index in [4.69, 9.17) is 0 Å². The van der Waals surface area contributed by atoms with Crippen LogP contribution < -0.4 is 5.32 Å². The number of rotatable bonds is 5. The number of nitrogens with zero attached hydrogens (tertiary/aromatic N) is 1. The van der Waals surface area contributed by atoms with E-state index >= 15 is 0 Å². The van der Waals surface area contributed by atoms with Crippen molar-refractivity contribution in [3.05, 3.63) is 35.4 Å². The van der Waals surface area contributed by atoms with Crippen LogP contribution in [0.25, 0.3) is 0 Å². The lowest BCUT2D eigenvalue weighted by atomic mass is 9.96. The third-order valence-electron chi connectivity index (χ3n) is 4.60. The van der Waals surface area contributed by atoms with E-state index in [-0.39, 0.29) is 23.6 Å². The minimum atomic E-state index is -3.14. The van der Waals surface area contributed by atoms with Gasteiger partial charge in [-0.2, -0.15) is 0 Å². The van der Waals surface area contributed by atoms with Crippen molar-refractivity contribution in [2.75, 3.05) is 18.8 Å². The summed E-state index contributed by atoms with van der Waals surface area (Å²) in [6.45, 7) is 6.54. The summed E-state index contributed by atoms with van der Waals surface area (Å²) in [6.07, 6.45) is 1.18. The molecule has 0 spiro atoms. The average Bonchev–Trinajstić information content (AvgIpc) is 2.55. The maximum Gasteiger partial charge on any atom is 0.223 e. The van der Waals surface area contributed by atoms with Crippen LogP contribution in [0, 0.1) is 12.8 Å². The number of sulfonamides is 1. The summed E-state index contributed by atoms with van der Waals surface area (Å²) in [5.74, 6) is 0.0350. The Labute approximate surface area is 139 Å². The number of nitrogens with one attached hydrogen (secondary N) is 1. The van der Waals surface area contributed by atoms with Gasteiger partial charge in [-0.25, -0.2) is 12.7 Å². The van der Waals surface area contributed by atoms with Gasteiger partial charge in [-0.15, -0.1) is 0 Å². The smallest absolute Gasteiger partial charge is 0.223 e. The normalized spacial score (nSPS) is 18.6. The van der Waals surface area contributed by atoms with E-state index in [0.717, 1.165) is 11.1 Å². The van der Waals surface area contributed by atoms with E-state index in [1.54, 1.807) is 6.92 Å². The number of carbonyl (C=O) groups excluding carboxylic acids is 1. The van der Waals surface area contributed by atoms with Crippen molar-refractivity contribution in [3.63, 3.8) is 0 Å². The van der Waals surface area contributed by atoms with Crippen LogP contribution >= 0.6 is 0 Å². The van der Waals surface area contributed by atoms with Gasteiger partial charge in [0.25, 0.3) is 0 Å². The van der Waals surface area contributed by atoms with Crippen molar-refractivity contribution in [1.82, 2.24) is 9.62 Å². The molecule has 0 saturated carbocycles. The first-order chi connectivity index (χ1) is 10.8. The molecule has 0 aromatic heterocycles. The lowest BCUT2D eigenvalue weighted by molar-refractivity contribution is -0.126.